The minimum Gasteiger partial charge on any atom is -0.322 e. The molecule has 0 aliphatic rings. The number of pyridine rings is 1. The molecule has 3 aromatic heterocycles. The second-order valence-electron chi connectivity index (χ2n) is 5.28. The number of nitrogens with zero attached hydrogens (tertiary/aromatic N) is 6. The second kappa shape index (κ2) is 5.59. The van der Waals surface area contributed by atoms with Crippen LogP contribution in [-0.4, -0.2) is 24.6 Å². The summed E-state index contributed by atoms with van der Waals surface area (Å²) in [6.07, 6.45) is 3.77. The van der Waals surface area contributed by atoms with Gasteiger partial charge in [0.2, 0.25) is 5.82 Å². The quantitative estimate of drug-likeness (QED) is 0.582. The summed E-state index contributed by atoms with van der Waals surface area (Å²) in [6, 6.07) is 13.8. The van der Waals surface area contributed by atoms with Gasteiger partial charge < -0.3 is 4.40 Å². The Bertz CT molecular complexity index is 1050. The van der Waals surface area contributed by atoms with Crippen molar-refractivity contribution in [2.75, 3.05) is 0 Å². The van der Waals surface area contributed by atoms with Crippen LogP contribution >= 0.6 is 0 Å². The summed E-state index contributed by atoms with van der Waals surface area (Å²) < 4.78 is 14.9. The monoisotopic (exact) mass is 318 g/mol. The van der Waals surface area contributed by atoms with Crippen molar-refractivity contribution < 1.29 is 4.39 Å². The van der Waals surface area contributed by atoms with Gasteiger partial charge in [-0.05, 0) is 41.6 Å². The van der Waals surface area contributed by atoms with Crippen molar-refractivity contribution in [3.8, 4) is 17.5 Å². The van der Waals surface area contributed by atoms with E-state index in [1.807, 2.05) is 35.0 Å². The molecule has 0 atom stereocenters. The number of hydrogen-bond donors (Lipinski definition) is 0. The Morgan fingerprint density at radius 1 is 1.12 bits per heavy atom. The van der Waals surface area contributed by atoms with Gasteiger partial charge in [-0.3, -0.25) is 0 Å². The third-order valence-electron chi connectivity index (χ3n) is 3.74. The van der Waals surface area contributed by atoms with Crippen LogP contribution in [0.3, 0.4) is 0 Å². The first kappa shape index (κ1) is 14.1. The summed E-state index contributed by atoms with van der Waals surface area (Å²) in [4.78, 5) is 1.42. The molecule has 0 saturated heterocycles. The van der Waals surface area contributed by atoms with Gasteiger partial charge >= 0.3 is 0 Å². The first-order valence-electron chi connectivity index (χ1n) is 7.27. The molecule has 7 heteroatoms. The topological polar surface area (TPSA) is 71.8 Å². The highest BCUT2D eigenvalue weighted by atomic mass is 19.1. The molecule has 24 heavy (non-hydrogen) atoms. The number of rotatable bonds is 3. The van der Waals surface area contributed by atoms with E-state index in [2.05, 4.69) is 21.5 Å². The zero-order valence-electron chi connectivity index (χ0n) is 12.5. The molecular formula is C17H11FN6. The Hall–Kier alpha value is -3.53. The molecule has 1 aromatic carbocycles. The highest BCUT2D eigenvalue weighted by Gasteiger charge is 2.13. The van der Waals surface area contributed by atoms with Crippen LogP contribution in [0.15, 0.2) is 54.9 Å². The number of halogens is 1. The second-order valence-corrected chi connectivity index (χ2v) is 5.28. The fourth-order valence-corrected chi connectivity index (χ4v) is 2.60. The lowest BCUT2D eigenvalue weighted by Crippen LogP contribution is -2.04. The summed E-state index contributed by atoms with van der Waals surface area (Å²) in [5.41, 5.74) is 2.93. The number of tetrazole rings is 1. The van der Waals surface area contributed by atoms with Crippen LogP contribution in [-0.2, 0) is 6.54 Å². The highest BCUT2D eigenvalue weighted by molar-refractivity contribution is 5.65. The lowest BCUT2D eigenvalue weighted by molar-refractivity contribution is 0.572. The summed E-state index contributed by atoms with van der Waals surface area (Å²) in [5, 5.41) is 21.7. The molecular weight excluding hydrogens is 307 g/mol. The van der Waals surface area contributed by atoms with Crippen LogP contribution in [0.5, 0.6) is 0 Å². The van der Waals surface area contributed by atoms with Crippen molar-refractivity contribution in [1.82, 2.24) is 24.6 Å². The fraction of sp³-hybridized carbons (Fsp3) is 0.0588. The normalized spacial score (nSPS) is 10.8. The van der Waals surface area contributed by atoms with Gasteiger partial charge in [0.1, 0.15) is 11.9 Å². The molecule has 4 aromatic rings. The molecule has 0 spiro atoms. The fourth-order valence-electron chi connectivity index (χ4n) is 2.60. The van der Waals surface area contributed by atoms with E-state index in [0.717, 1.165) is 11.1 Å². The van der Waals surface area contributed by atoms with Crippen molar-refractivity contribution in [1.29, 1.82) is 5.26 Å². The van der Waals surface area contributed by atoms with Crippen LogP contribution < -0.4 is 0 Å². The van der Waals surface area contributed by atoms with Gasteiger partial charge in [0.15, 0.2) is 0 Å². The average molecular weight is 318 g/mol. The van der Waals surface area contributed by atoms with Gasteiger partial charge in [-0.2, -0.15) is 10.1 Å². The molecule has 4 rings (SSSR count). The highest BCUT2D eigenvalue weighted by Crippen LogP contribution is 2.19. The number of aromatic nitrogens is 5. The lowest BCUT2D eigenvalue weighted by atomic mass is 10.2. The van der Waals surface area contributed by atoms with Crippen LogP contribution in [0.2, 0.25) is 0 Å². The average Bonchev–Trinajstić information content (AvgIpc) is 3.20. The van der Waals surface area contributed by atoms with Gasteiger partial charge in [0, 0.05) is 23.5 Å². The minimum atomic E-state index is -0.315. The van der Waals surface area contributed by atoms with E-state index >= 15 is 0 Å². The Kier molecular flexibility index (Phi) is 3.28. The van der Waals surface area contributed by atoms with E-state index < -0.39 is 0 Å². The van der Waals surface area contributed by atoms with E-state index in [1.165, 1.54) is 16.9 Å². The predicted octanol–water partition coefficient (Wildman–Crippen LogP) is 2.65. The summed E-state index contributed by atoms with van der Waals surface area (Å²) >= 11 is 0. The molecule has 3 heterocycles. The predicted molar refractivity (Wildman–Crippen MR) is 84.4 cm³/mol. The SMILES string of the molecule is N#Cc1c(Cn2nnc(-c3ccc(F)cc3)n2)cn2ccccc12. The van der Waals surface area contributed by atoms with Gasteiger partial charge in [0.05, 0.1) is 17.6 Å². The third-order valence-corrected chi connectivity index (χ3v) is 3.74. The standard InChI is InChI=1S/C17H11FN6/c18-14-6-4-12(5-7-14)17-20-22-24(21-17)11-13-10-23-8-2-1-3-16(23)15(13)9-19/h1-8,10H,11H2. The van der Waals surface area contributed by atoms with Crippen molar-refractivity contribution in [2.45, 2.75) is 6.54 Å². The molecule has 6 nitrogen and oxygen atoms in total. The van der Waals surface area contributed by atoms with E-state index in [4.69, 9.17) is 0 Å². The van der Waals surface area contributed by atoms with E-state index in [-0.39, 0.29) is 5.82 Å². The van der Waals surface area contributed by atoms with Crippen molar-refractivity contribution in [2.24, 2.45) is 0 Å². The van der Waals surface area contributed by atoms with Crippen LogP contribution in [0.1, 0.15) is 11.1 Å². The van der Waals surface area contributed by atoms with E-state index in [1.54, 1.807) is 12.1 Å². The van der Waals surface area contributed by atoms with Gasteiger partial charge in [-0.25, -0.2) is 4.39 Å². The zero-order valence-corrected chi connectivity index (χ0v) is 12.5. The van der Waals surface area contributed by atoms with Crippen molar-refractivity contribution >= 4 is 5.52 Å². The number of nitriles is 1. The van der Waals surface area contributed by atoms with E-state index in [0.29, 0.717) is 23.5 Å². The van der Waals surface area contributed by atoms with E-state index in [9.17, 15) is 9.65 Å². The Morgan fingerprint density at radius 2 is 1.96 bits per heavy atom. The third kappa shape index (κ3) is 2.40. The van der Waals surface area contributed by atoms with Crippen molar-refractivity contribution in [3.05, 3.63) is 71.8 Å². The number of hydrogen-bond acceptors (Lipinski definition) is 4. The van der Waals surface area contributed by atoms with Crippen LogP contribution in [0.4, 0.5) is 4.39 Å². The molecule has 0 N–H and O–H groups in total. The molecule has 0 saturated carbocycles. The van der Waals surface area contributed by atoms with Crippen LogP contribution in [0.25, 0.3) is 16.9 Å². The molecule has 0 aliphatic carbocycles. The minimum absolute atomic E-state index is 0.315. The molecule has 0 radical (unpaired) electrons. The van der Waals surface area contributed by atoms with Crippen LogP contribution in [0, 0.1) is 17.1 Å². The van der Waals surface area contributed by atoms with Gasteiger partial charge in [-0.15, -0.1) is 10.2 Å². The largest absolute Gasteiger partial charge is 0.322 e. The number of benzene rings is 1. The first-order chi connectivity index (χ1) is 11.7. The number of fused-ring (bicyclic) bond motifs is 1. The van der Waals surface area contributed by atoms with Gasteiger partial charge in [0.25, 0.3) is 0 Å². The zero-order chi connectivity index (χ0) is 16.5. The summed E-state index contributed by atoms with van der Waals surface area (Å²) in [5.74, 6) is 0.0996. The maximum atomic E-state index is 13.0. The smallest absolute Gasteiger partial charge is 0.204 e. The molecule has 0 bridgehead atoms. The Labute approximate surface area is 136 Å². The molecule has 0 fully saturated rings. The Balaban J connectivity index is 1.67. The van der Waals surface area contributed by atoms with Gasteiger partial charge in [-0.1, -0.05) is 6.07 Å². The Morgan fingerprint density at radius 3 is 2.75 bits per heavy atom. The molecule has 0 unspecified atom stereocenters. The first-order valence-corrected chi connectivity index (χ1v) is 7.27. The lowest BCUT2D eigenvalue weighted by Gasteiger charge is -1.96. The van der Waals surface area contributed by atoms with Crippen molar-refractivity contribution in [3.63, 3.8) is 0 Å². The maximum absolute atomic E-state index is 13.0. The molecule has 0 amide bonds. The summed E-state index contributed by atoms with van der Waals surface area (Å²) in [6.45, 7) is 0.332. The maximum Gasteiger partial charge on any atom is 0.204 e. The summed E-state index contributed by atoms with van der Waals surface area (Å²) in [7, 11) is 0. The molecule has 116 valence electrons. The molecule has 0 aliphatic heterocycles.